The lowest BCUT2D eigenvalue weighted by Gasteiger charge is -2.15. The number of hydrogen-bond acceptors (Lipinski definition) is 5. The molecule has 5 nitrogen and oxygen atoms in total. The summed E-state index contributed by atoms with van der Waals surface area (Å²) in [6, 6.07) is 5.95. The molecule has 2 N–H and O–H groups in total. The Morgan fingerprint density at radius 1 is 1.12 bits per heavy atom. The van der Waals surface area contributed by atoms with Gasteiger partial charge in [-0.2, -0.15) is 26.9 Å². The summed E-state index contributed by atoms with van der Waals surface area (Å²) in [5.74, 6) is -0.307. The standard InChI is InChI=1S/C16H17F5N4O/c1-3-9(2)22-15-24-12(16(19,20)21)8-13(25-15)23-10-4-6-11(7-5-10)26-14(17)18/h4-9,14H,3H2,1-2H3,(H2,22,23,24,25)/t9-/m1/s1. The van der Waals surface area contributed by atoms with Gasteiger partial charge in [-0.1, -0.05) is 6.92 Å². The zero-order valence-corrected chi connectivity index (χ0v) is 13.9. The number of nitrogens with one attached hydrogen (secondary N) is 2. The van der Waals surface area contributed by atoms with E-state index in [1.807, 2.05) is 6.92 Å². The maximum atomic E-state index is 13.0. The van der Waals surface area contributed by atoms with Crippen LogP contribution in [0.2, 0.25) is 0 Å². The Kier molecular flexibility index (Phi) is 6.17. The minimum absolute atomic E-state index is 0.0663. The first kappa shape index (κ1) is 19.7. The van der Waals surface area contributed by atoms with Gasteiger partial charge in [-0.15, -0.1) is 0 Å². The second-order valence-electron chi connectivity index (χ2n) is 5.44. The predicted octanol–water partition coefficient (Wildman–Crippen LogP) is 5.05. The van der Waals surface area contributed by atoms with Crippen LogP contribution in [-0.4, -0.2) is 22.6 Å². The highest BCUT2D eigenvalue weighted by atomic mass is 19.4. The number of ether oxygens (including phenoxy) is 1. The molecule has 0 amide bonds. The van der Waals surface area contributed by atoms with Gasteiger partial charge in [0.25, 0.3) is 0 Å². The normalized spacial score (nSPS) is 12.8. The van der Waals surface area contributed by atoms with E-state index < -0.39 is 18.5 Å². The molecule has 0 saturated heterocycles. The summed E-state index contributed by atoms with van der Waals surface area (Å²) < 4.78 is 67.6. The van der Waals surface area contributed by atoms with Crippen molar-refractivity contribution < 1.29 is 26.7 Å². The molecular weight excluding hydrogens is 359 g/mol. The van der Waals surface area contributed by atoms with Crippen LogP contribution in [-0.2, 0) is 6.18 Å². The minimum atomic E-state index is -4.64. The van der Waals surface area contributed by atoms with E-state index in [1.165, 1.54) is 24.3 Å². The number of halogens is 5. The van der Waals surface area contributed by atoms with Crippen LogP contribution < -0.4 is 15.4 Å². The van der Waals surface area contributed by atoms with Crippen LogP contribution in [0.1, 0.15) is 26.0 Å². The smallest absolute Gasteiger partial charge is 0.433 e. The largest absolute Gasteiger partial charge is 0.435 e. The van der Waals surface area contributed by atoms with Crippen molar-refractivity contribution in [2.75, 3.05) is 10.6 Å². The van der Waals surface area contributed by atoms with E-state index in [-0.39, 0.29) is 23.6 Å². The summed E-state index contributed by atoms with van der Waals surface area (Å²) in [7, 11) is 0. The summed E-state index contributed by atoms with van der Waals surface area (Å²) in [5.41, 5.74) is -0.744. The van der Waals surface area contributed by atoms with E-state index in [4.69, 9.17) is 0 Å². The lowest BCUT2D eigenvalue weighted by Crippen LogP contribution is -2.18. The van der Waals surface area contributed by atoms with E-state index in [9.17, 15) is 22.0 Å². The minimum Gasteiger partial charge on any atom is -0.435 e. The molecule has 26 heavy (non-hydrogen) atoms. The Morgan fingerprint density at radius 2 is 1.77 bits per heavy atom. The highest BCUT2D eigenvalue weighted by Gasteiger charge is 2.33. The van der Waals surface area contributed by atoms with Gasteiger partial charge in [-0.05, 0) is 37.6 Å². The molecular formula is C16H17F5N4O. The quantitative estimate of drug-likeness (QED) is 0.662. The van der Waals surface area contributed by atoms with Crippen molar-refractivity contribution in [3.8, 4) is 5.75 Å². The molecule has 0 fully saturated rings. The molecule has 0 bridgehead atoms. The van der Waals surface area contributed by atoms with Gasteiger partial charge in [0.1, 0.15) is 11.6 Å². The number of alkyl halides is 5. The Hall–Kier alpha value is -2.65. The maximum Gasteiger partial charge on any atom is 0.433 e. The van der Waals surface area contributed by atoms with Gasteiger partial charge in [0.15, 0.2) is 5.69 Å². The third-order valence-electron chi connectivity index (χ3n) is 3.36. The summed E-state index contributed by atoms with van der Waals surface area (Å²) >= 11 is 0. The van der Waals surface area contributed by atoms with Gasteiger partial charge in [0, 0.05) is 17.8 Å². The number of anilines is 3. The fourth-order valence-electron chi connectivity index (χ4n) is 1.91. The average Bonchev–Trinajstić information content (AvgIpc) is 2.55. The van der Waals surface area contributed by atoms with Crippen LogP contribution in [0, 0.1) is 0 Å². The van der Waals surface area contributed by atoms with Gasteiger partial charge in [0.2, 0.25) is 5.95 Å². The molecule has 0 aliphatic heterocycles. The van der Waals surface area contributed by atoms with Crippen molar-refractivity contribution in [2.45, 2.75) is 39.1 Å². The van der Waals surface area contributed by atoms with E-state index >= 15 is 0 Å². The molecule has 2 rings (SSSR count). The first-order valence-corrected chi connectivity index (χ1v) is 7.72. The fraction of sp³-hybridized carbons (Fsp3) is 0.375. The molecule has 0 radical (unpaired) electrons. The highest BCUT2D eigenvalue weighted by Crippen LogP contribution is 2.31. The van der Waals surface area contributed by atoms with Gasteiger partial charge in [-0.3, -0.25) is 0 Å². The van der Waals surface area contributed by atoms with Crippen molar-refractivity contribution in [2.24, 2.45) is 0 Å². The van der Waals surface area contributed by atoms with E-state index in [0.29, 0.717) is 12.1 Å². The average molecular weight is 376 g/mol. The second kappa shape index (κ2) is 8.15. The van der Waals surface area contributed by atoms with Crippen LogP contribution in [0.4, 0.5) is 39.4 Å². The molecule has 0 spiro atoms. The number of aromatic nitrogens is 2. The van der Waals surface area contributed by atoms with Gasteiger partial charge in [0.05, 0.1) is 0 Å². The molecule has 142 valence electrons. The Labute approximate surface area is 146 Å². The molecule has 1 heterocycles. The molecule has 10 heteroatoms. The van der Waals surface area contributed by atoms with Gasteiger partial charge in [-0.25, -0.2) is 4.98 Å². The predicted molar refractivity (Wildman–Crippen MR) is 86.8 cm³/mol. The van der Waals surface area contributed by atoms with Crippen molar-refractivity contribution >= 4 is 17.5 Å². The molecule has 1 aromatic carbocycles. The summed E-state index contributed by atoms with van der Waals surface area (Å²) in [4.78, 5) is 7.51. The molecule has 2 aromatic rings. The number of benzene rings is 1. The highest BCUT2D eigenvalue weighted by molar-refractivity contribution is 5.58. The summed E-state index contributed by atoms with van der Waals surface area (Å²) in [6.45, 7) is 0.700. The van der Waals surface area contributed by atoms with Crippen LogP contribution in [0.15, 0.2) is 30.3 Å². The first-order chi connectivity index (χ1) is 12.2. The SMILES string of the molecule is CC[C@@H](C)Nc1nc(Nc2ccc(OC(F)F)cc2)cc(C(F)(F)F)n1. The van der Waals surface area contributed by atoms with Crippen LogP contribution in [0.25, 0.3) is 0 Å². The summed E-state index contributed by atoms with van der Waals surface area (Å²) in [6.07, 6.45) is -3.96. The molecule has 0 aliphatic carbocycles. The third kappa shape index (κ3) is 5.71. The molecule has 1 atom stereocenters. The van der Waals surface area contributed by atoms with Crippen molar-refractivity contribution in [1.82, 2.24) is 9.97 Å². The lowest BCUT2D eigenvalue weighted by molar-refractivity contribution is -0.141. The number of nitrogens with zero attached hydrogens (tertiary/aromatic N) is 2. The Balaban J connectivity index is 2.25. The fourth-order valence-corrected chi connectivity index (χ4v) is 1.91. The third-order valence-corrected chi connectivity index (χ3v) is 3.36. The van der Waals surface area contributed by atoms with Crippen LogP contribution in [0.3, 0.4) is 0 Å². The zero-order valence-electron chi connectivity index (χ0n) is 13.9. The maximum absolute atomic E-state index is 13.0. The van der Waals surface area contributed by atoms with Gasteiger partial charge >= 0.3 is 12.8 Å². The van der Waals surface area contributed by atoms with Crippen LogP contribution in [0.5, 0.6) is 5.75 Å². The van der Waals surface area contributed by atoms with Gasteiger partial charge < -0.3 is 15.4 Å². The Bertz CT molecular complexity index is 722. The first-order valence-electron chi connectivity index (χ1n) is 7.72. The van der Waals surface area contributed by atoms with Crippen molar-refractivity contribution in [3.63, 3.8) is 0 Å². The van der Waals surface area contributed by atoms with E-state index in [2.05, 4.69) is 25.3 Å². The molecule has 1 aromatic heterocycles. The van der Waals surface area contributed by atoms with Crippen molar-refractivity contribution in [1.29, 1.82) is 0 Å². The molecule has 0 saturated carbocycles. The van der Waals surface area contributed by atoms with Crippen molar-refractivity contribution in [3.05, 3.63) is 36.0 Å². The lowest BCUT2D eigenvalue weighted by atomic mass is 10.2. The monoisotopic (exact) mass is 376 g/mol. The zero-order chi connectivity index (χ0) is 19.3. The summed E-state index contributed by atoms with van der Waals surface area (Å²) in [5, 5.41) is 5.49. The Morgan fingerprint density at radius 3 is 2.31 bits per heavy atom. The second-order valence-corrected chi connectivity index (χ2v) is 5.44. The number of rotatable bonds is 7. The topological polar surface area (TPSA) is 59.1 Å². The molecule has 0 aliphatic rings. The van der Waals surface area contributed by atoms with E-state index in [1.54, 1.807) is 6.92 Å². The van der Waals surface area contributed by atoms with E-state index in [0.717, 1.165) is 6.07 Å². The molecule has 0 unspecified atom stereocenters. The van der Waals surface area contributed by atoms with Crippen LogP contribution >= 0.6 is 0 Å². The number of hydrogen-bond donors (Lipinski definition) is 2.